The molecule has 0 unspecified atom stereocenters. The van der Waals surface area contributed by atoms with Gasteiger partial charge < -0.3 is 9.80 Å². The normalized spacial score (nSPS) is 16.4. The van der Waals surface area contributed by atoms with Crippen molar-refractivity contribution >= 4 is 21.6 Å². The van der Waals surface area contributed by atoms with Gasteiger partial charge in [0.1, 0.15) is 0 Å². The molecule has 1 aliphatic rings. The van der Waals surface area contributed by atoms with E-state index in [2.05, 4.69) is 4.90 Å². The molecule has 0 aliphatic carbocycles. The number of rotatable bonds is 4. The molecule has 3 rings (SSSR count). The number of sulfonamides is 1. The average molecular weight is 373 g/mol. The van der Waals surface area contributed by atoms with Crippen LogP contribution in [0.4, 0.5) is 5.69 Å². The third-order valence-electron chi connectivity index (χ3n) is 4.63. The largest absolute Gasteiger partial charge is 0.311 e. The van der Waals surface area contributed by atoms with E-state index >= 15 is 0 Å². The smallest absolute Gasteiger partial charge is 0.258 e. The number of carbonyl (C=O) groups is 1. The molecule has 0 aromatic heterocycles. The maximum Gasteiger partial charge on any atom is 0.258 e. The molecule has 0 bridgehead atoms. The summed E-state index contributed by atoms with van der Waals surface area (Å²) in [5.74, 6) is -0.244. The molecule has 1 fully saturated rings. The van der Waals surface area contributed by atoms with Gasteiger partial charge in [0.2, 0.25) is 10.0 Å². The molecule has 138 valence electrons. The van der Waals surface area contributed by atoms with Crippen molar-refractivity contribution < 1.29 is 13.2 Å². The summed E-state index contributed by atoms with van der Waals surface area (Å²) in [6.07, 6.45) is 0. The van der Waals surface area contributed by atoms with Gasteiger partial charge in [-0.2, -0.15) is 4.31 Å². The average Bonchev–Trinajstić information content (AvgIpc) is 2.68. The molecule has 0 spiro atoms. The van der Waals surface area contributed by atoms with Crippen LogP contribution in [0, 0.1) is 0 Å². The number of piperazine rings is 1. The second kappa shape index (κ2) is 7.57. The van der Waals surface area contributed by atoms with Gasteiger partial charge in [0, 0.05) is 44.5 Å². The van der Waals surface area contributed by atoms with Crippen LogP contribution in [0.15, 0.2) is 59.5 Å². The van der Waals surface area contributed by atoms with E-state index in [1.165, 1.54) is 15.3 Å². The van der Waals surface area contributed by atoms with Gasteiger partial charge >= 0.3 is 0 Å². The SMILES string of the molecule is CN1CCN(S(=O)(=O)c2cccc(C(=O)N(C)c3ccccc3)c2)CC1. The Bertz CT molecular complexity index is 876. The maximum atomic E-state index is 12.9. The fraction of sp³-hybridized carbons (Fsp3) is 0.316. The Balaban J connectivity index is 1.85. The number of carbonyl (C=O) groups excluding carboxylic acids is 1. The quantitative estimate of drug-likeness (QED) is 0.821. The standard InChI is InChI=1S/C19H23N3O3S/c1-20-11-13-22(14-12-20)26(24,25)18-10-6-7-16(15-18)19(23)21(2)17-8-4-3-5-9-17/h3-10,15H,11-14H2,1-2H3. The number of benzene rings is 2. The molecule has 1 heterocycles. The van der Waals surface area contributed by atoms with E-state index in [-0.39, 0.29) is 10.8 Å². The number of hydrogen-bond donors (Lipinski definition) is 0. The van der Waals surface area contributed by atoms with E-state index in [0.29, 0.717) is 31.7 Å². The molecule has 1 amide bonds. The Hall–Kier alpha value is -2.22. The lowest BCUT2D eigenvalue weighted by Gasteiger charge is -2.31. The second-order valence-corrected chi connectivity index (χ2v) is 8.37. The first kappa shape index (κ1) is 18.6. The van der Waals surface area contributed by atoms with Crippen LogP contribution in [0.5, 0.6) is 0 Å². The highest BCUT2D eigenvalue weighted by molar-refractivity contribution is 7.89. The van der Waals surface area contributed by atoms with E-state index in [1.807, 2.05) is 37.4 Å². The van der Waals surface area contributed by atoms with Gasteiger partial charge in [0.15, 0.2) is 0 Å². The zero-order chi connectivity index (χ0) is 18.7. The number of nitrogens with zero attached hydrogens (tertiary/aromatic N) is 3. The van der Waals surface area contributed by atoms with Gasteiger partial charge in [-0.3, -0.25) is 4.79 Å². The zero-order valence-corrected chi connectivity index (χ0v) is 15.8. The van der Waals surface area contributed by atoms with E-state index in [4.69, 9.17) is 0 Å². The van der Waals surface area contributed by atoms with Gasteiger partial charge in [-0.15, -0.1) is 0 Å². The summed E-state index contributed by atoms with van der Waals surface area (Å²) in [4.78, 5) is 16.5. The molecule has 0 atom stereocenters. The molecule has 1 saturated heterocycles. The zero-order valence-electron chi connectivity index (χ0n) is 15.0. The van der Waals surface area contributed by atoms with Gasteiger partial charge in [0.05, 0.1) is 4.90 Å². The third kappa shape index (κ3) is 3.80. The third-order valence-corrected chi connectivity index (χ3v) is 6.52. The maximum absolute atomic E-state index is 12.9. The van der Waals surface area contributed by atoms with Crippen molar-refractivity contribution in [2.45, 2.75) is 4.90 Å². The predicted molar refractivity (Wildman–Crippen MR) is 102 cm³/mol. The topological polar surface area (TPSA) is 60.9 Å². The summed E-state index contributed by atoms with van der Waals surface area (Å²) in [6, 6.07) is 15.5. The lowest BCUT2D eigenvalue weighted by atomic mass is 10.2. The Morgan fingerprint density at radius 1 is 0.962 bits per heavy atom. The van der Waals surface area contributed by atoms with Crippen LogP contribution < -0.4 is 4.90 Å². The Morgan fingerprint density at radius 2 is 1.62 bits per heavy atom. The summed E-state index contributed by atoms with van der Waals surface area (Å²) in [6.45, 7) is 2.32. The van der Waals surface area contributed by atoms with Crippen LogP contribution in [0.2, 0.25) is 0 Å². The fourth-order valence-corrected chi connectivity index (χ4v) is 4.40. The van der Waals surface area contributed by atoms with E-state index < -0.39 is 10.0 Å². The van der Waals surface area contributed by atoms with Crippen LogP contribution in [0.25, 0.3) is 0 Å². The first-order chi connectivity index (χ1) is 12.4. The van der Waals surface area contributed by atoms with Crippen LogP contribution in [-0.4, -0.2) is 63.8 Å². The summed E-state index contributed by atoms with van der Waals surface area (Å²) >= 11 is 0. The molecule has 1 aliphatic heterocycles. The first-order valence-corrected chi connectivity index (χ1v) is 9.95. The molecule has 2 aromatic rings. The number of para-hydroxylation sites is 1. The van der Waals surface area contributed by atoms with Crippen LogP contribution in [0.3, 0.4) is 0 Å². The number of likely N-dealkylation sites (N-methyl/N-ethyl adjacent to an activating group) is 1. The predicted octanol–water partition coefficient (Wildman–Crippen LogP) is 1.90. The van der Waals surface area contributed by atoms with Crippen molar-refractivity contribution in [2.24, 2.45) is 0 Å². The van der Waals surface area contributed by atoms with Crippen molar-refractivity contribution in [3.8, 4) is 0 Å². The molecule has 0 radical (unpaired) electrons. The molecule has 7 heteroatoms. The van der Waals surface area contributed by atoms with E-state index in [0.717, 1.165) is 5.69 Å². The van der Waals surface area contributed by atoms with E-state index in [1.54, 1.807) is 25.2 Å². The summed E-state index contributed by atoms with van der Waals surface area (Å²) in [7, 11) is 0.0588. The van der Waals surface area contributed by atoms with Crippen molar-refractivity contribution in [2.75, 3.05) is 45.2 Å². The molecule has 2 aromatic carbocycles. The molecule has 6 nitrogen and oxygen atoms in total. The van der Waals surface area contributed by atoms with Gasteiger partial charge in [-0.05, 0) is 37.4 Å². The van der Waals surface area contributed by atoms with E-state index in [9.17, 15) is 13.2 Å². The van der Waals surface area contributed by atoms with Crippen molar-refractivity contribution in [3.05, 3.63) is 60.2 Å². The minimum absolute atomic E-state index is 0.161. The summed E-state index contributed by atoms with van der Waals surface area (Å²) < 4.78 is 27.3. The summed E-state index contributed by atoms with van der Waals surface area (Å²) in [5.41, 5.74) is 1.11. The number of anilines is 1. The van der Waals surface area contributed by atoms with Crippen molar-refractivity contribution in [1.82, 2.24) is 9.21 Å². The van der Waals surface area contributed by atoms with Crippen LogP contribution >= 0.6 is 0 Å². The van der Waals surface area contributed by atoms with Gasteiger partial charge in [-0.1, -0.05) is 24.3 Å². The monoisotopic (exact) mass is 373 g/mol. The molecular formula is C19H23N3O3S. The Kier molecular flexibility index (Phi) is 5.41. The van der Waals surface area contributed by atoms with Crippen molar-refractivity contribution in [3.63, 3.8) is 0 Å². The van der Waals surface area contributed by atoms with Crippen LogP contribution in [0.1, 0.15) is 10.4 Å². The second-order valence-electron chi connectivity index (χ2n) is 6.43. The highest BCUT2D eigenvalue weighted by Crippen LogP contribution is 2.21. The van der Waals surface area contributed by atoms with Gasteiger partial charge in [-0.25, -0.2) is 8.42 Å². The number of hydrogen-bond acceptors (Lipinski definition) is 4. The summed E-state index contributed by atoms with van der Waals surface area (Å²) in [5, 5.41) is 0. The fourth-order valence-electron chi connectivity index (χ4n) is 2.93. The lowest BCUT2D eigenvalue weighted by Crippen LogP contribution is -2.47. The van der Waals surface area contributed by atoms with Crippen LogP contribution in [-0.2, 0) is 10.0 Å². The van der Waals surface area contributed by atoms with Gasteiger partial charge in [0.25, 0.3) is 5.91 Å². The first-order valence-electron chi connectivity index (χ1n) is 8.51. The molecule has 26 heavy (non-hydrogen) atoms. The van der Waals surface area contributed by atoms with Crippen molar-refractivity contribution in [1.29, 1.82) is 0 Å². The Labute approximate surface area is 154 Å². The highest BCUT2D eigenvalue weighted by atomic mass is 32.2. The minimum atomic E-state index is -3.60. The minimum Gasteiger partial charge on any atom is -0.311 e. The lowest BCUT2D eigenvalue weighted by molar-refractivity contribution is 0.0993. The molecule has 0 N–H and O–H groups in total. The number of amides is 1. The highest BCUT2D eigenvalue weighted by Gasteiger charge is 2.28. The molecule has 0 saturated carbocycles. The molecular weight excluding hydrogens is 350 g/mol. The Morgan fingerprint density at radius 3 is 2.27 bits per heavy atom.